The number of nitrogens with zero attached hydrogens (tertiary/aromatic N) is 1. The van der Waals surface area contributed by atoms with Gasteiger partial charge >= 0.3 is 0 Å². The molecule has 2 nitrogen and oxygen atoms in total. The van der Waals surface area contributed by atoms with E-state index in [1.54, 1.807) is 0 Å². The van der Waals surface area contributed by atoms with E-state index in [1.165, 1.54) is 45.4 Å². The van der Waals surface area contributed by atoms with Crippen molar-refractivity contribution in [3.63, 3.8) is 0 Å². The second kappa shape index (κ2) is 6.59. The highest BCUT2D eigenvalue weighted by atomic mass is 35.5. The van der Waals surface area contributed by atoms with Gasteiger partial charge in [-0.15, -0.1) is 12.4 Å². The maximum absolute atomic E-state index is 4.90. The normalized spacial score (nSPS) is 15.4. The highest BCUT2D eigenvalue weighted by molar-refractivity contribution is 6.06. The van der Waals surface area contributed by atoms with Crippen molar-refractivity contribution in [2.45, 2.75) is 32.7 Å². The number of hydrogen-bond acceptors (Lipinski definition) is 1. The Hall–Kier alpha value is -2.06. The average molecular weight is 325 g/mol. The predicted octanol–water partition coefficient (Wildman–Crippen LogP) is 5.22. The molecule has 3 aromatic rings. The number of hydrogen-bond donors (Lipinski definition) is 1. The van der Waals surface area contributed by atoms with Crippen LogP contribution in [0.3, 0.4) is 0 Å². The number of aromatic amines is 1. The quantitative estimate of drug-likeness (QED) is 0.669. The minimum atomic E-state index is 0. The molecule has 1 aliphatic carbocycles. The number of rotatable bonds is 2. The van der Waals surface area contributed by atoms with Gasteiger partial charge < -0.3 is 4.98 Å². The SMILES string of the molecule is Cc1ccc2[nH]c3c(c2c1)CCCC3=NCc1ccccc1.Cl. The fraction of sp³-hybridized carbons (Fsp3) is 0.250. The van der Waals surface area contributed by atoms with Crippen LogP contribution in [0.25, 0.3) is 10.9 Å². The predicted molar refractivity (Wildman–Crippen MR) is 99.9 cm³/mol. The fourth-order valence-corrected chi connectivity index (χ4v) is 3.35. The summed E-state index contributed by atoms with van der Waals surface area (Å²) in [7, 11) is 0. The molecule has 0 saturated heterocycles. The summed E-state index contributed by atoms with van der Waals surface area (Å²) in [4.78, 5) is 8.50. The molecule has 4 rings (SSSR count). The molecule has 23 heavy (non-hydrogen) atoms. The Bertz CT molecular complexity index is 847. The zero-order valence-electron chi connectivity index (χ0n) is 13.3. The van der Waals surface area contributed by atoms with Crippen LogP contribution in [-0.4, -0.2) is 10.7 Å². The van der Waals surface area contributed by atoms with E-state index in [-0.39, 0.29) is 12.4 Å². The van der Waals surface area contributed by atoms with Gasteiger partial charge in [0.1, 0.15) is 0 Å². The first kappa shape index (κ1) is 15.8. The van der Waals surface area contributed by atoms with Crippen LogP contribution in [0.5, 0.6) is 0 Å². The topological polar surface area (TPSA) is 28.1 Å². The lowest BCUT2D eigenvalue weighted by molar-refractivity contribution is 0.833. The molecule has 1 aliphatic rings. The standard InChI is InChI=1S/C20H20N2.ClH/c1-14-10-11-18-17(12-14)16-8-5-9-19(20(16)22-18)21-13-15-6-3-2-4-7-15;/h2-4,6-7,10-12,22H,5,8-9,13H2,1H3;1H. The lowest BCUT2D eigenvalue weighted by atomic mass is 9.93. The van der Waals surface area contributed by atoms with E-state index >= 15 is 0 Å². The van der Waals surface area contributed by atoms with E-state index in [1.807, 2.05) is 0 Å². The van der Waals surface area contributed by atoms with Crippen molar-refractivity contribution in [2.75, 3.05) is 0 Å². The van der Waals surface area contributed by atoms with Gasteiger partial charge in [0.25, 0.3) is 0 Å². The number of H-pyrrole nitrogens is 1. The van der Waals surface area contributed by atoms with E-state index in [2.05, 4.69) is 60.4 Å². The summed E-state index contributed by atoms with van der Waals surface area (Å²) in [5.41, 5.74) is 7.79. The summed E-state index contributed by atoms with van der Waals surface area (Å²) in [5, 5.41) is 1.38. The Labute approximate surface area is 143 Å². The number of aryl methyl sites for hydroxylation is 2. The van der Waals surface area contributed by atoms with E-state index in [0.29, 0.717) is 0 Å². The second-order valence-electron chi connectivity index (χ2n) is 6.13. The monoisotopic (exact) mass is 324 g/mol. The van der Waals surface area contributed by atoms with Gasteiger partial charge in [0.05, 0.1) is 18.0 Å². The van der Waals surface area contributed by atoms with Crippen LogP contribution in [0, 0.1) is 6.92 Å². The van der Waals surface area contributed by atoms with Crippen LogP contribution < -0.4 is 0 Å². The second-order valence-corrected chi connectivity index (χ2v) is 6.13. The van der Waals surface area contributed by atoms with Crippen LogP contribution in [0.4, 0.5) is 0 Å². The van der Waals surface area contributed by atoms with Gasteiger partial charge in [-0.3, -0.25) is 4.99 Å². The van der Waals surface area contributed by atoms with Crippen LogP contribution in [0.1, 0.15) is 35.2 Å². The van der Waals surface area contributed by atoms with Gasteiger partial charge in [-0.1, -0.05) is 42.0 Å². The zero-order chi connectivity index (χ0) is 14.9. The van der Waals surface area contributed by atoms with Crippen LogP contribution in [0.15, 0.2) is 53.5 Å². The van der Waals surface area contributed by atoms with Gasteiger partial charge in [0.15, 0.2) is 0 Å². The summed E-state index contributed by atoms with van der Waals surface area (Å²) in [6.45, 7) is 2.93. The van der Waals surface area contributed by atoms with E-state index < -0.39 is 0 Å². The number of halogens is 1. The third-order valence-corrected chi connectivity index (χ3v) is 4.49. The van der Waals surface area contributed by atoms with Gasteiger partial charge in [0.2, 0.25) is 0 Å². The molecule has 0 atom stereocenters. The first-order chi connectivity index (χ1) is 10.8. The molecule has 2 aromatic carbocycles. The molecule has 118 valence electrons. The minimum absolute atomic E-state index is 0. The molecular formula is C20H21ClN2. The molecule has 1 N–H and O–H groups in total. The van der Waals surface area contributed by atoms with E-state index in [4.69, 9.17) is 4.99 Å². The molecule has 0 amide bonds. The fourth-order valence-electron chi connectivity index (χ4n) is 3.35. The van der Waals surface area contributed by atoms with Gasteiger partial charge in [-0.25, -0.2) is 0 Å². The van der Waals surface area contributed by atoms with Crippen molar-refractivity contribution in [2.24, 2.45) is 4.99 Å². The average Bonchev–Trinajstić information content (AvgIpc) is 2.92. The molecule has 0 aliphatic heterocycles. The van der Waals surface area contributed by atoms with Crippen molar-refractivity contribution in [1.29, 1.82) is 0 Å². The Balaban J connectivity index is 0.00000156. The smallest absolute Gasteiger partial charge is 0.0643 e. The van der Waals surface area contributed by atoms with E-state index in [0.717, 1.165) is 19.4 Å². The third-order valence-electron chi connectivity index (χ3n) is 4.49. The molecule has 0 bridgehead atoms. The Morgan fingerprint density at radius 3 is 2.70 bits per heavy atom. The number of nitrogens with one attached hydrogen (secondary N) is 1. The van der Waals surface area contributed by atoms with Crippen molar-refractivity contribution in [1.82, 2.24) is 4.98 Å². The molecule has 0 fully saturated rings. The van der Waals surface area contributed by atoms with Crippen LogP contribution >= 0.6 is 12.4 Å². The van der Waals surface area contributed by atoms with Gasteiger partial charge in [-0.2, -0.15) is 0 Å². The lowest BCUT2D eigenvalue weighted by Crippen LogP contribution is -2.11. The summed E-state index contributed by atoms with van der Waals surface area (Å²) in [5.74, 6) is 0. The highest BCUT2D eigenvalue weighted by Crippen LogP contribution is 2.30. The van der Waals surface area contributed by atoms with Crippen molar-refractivity contribution in [3.8, 4) is 0 Å². The number of benzene rings is 2. The van der Waals surface area contributed by atoms with Crippen LogP contribution in [-0.2, 0) is 13.0 Å². The molecule has 3 heteroatoms. The third kappa shape index (κ3) is 3.04. The summed E-state index contributed by atoms with van der Waals surface area (Å²) < 4.78 is 0. The maximum atomic E-state index is 4.90. The number of aromatic nitrogens is 1. The van der Waals surface area contributed by atoms with Crippen molar-refractivity contribution >= 4 is 29.0 Å². The molecule has 0 unspecified atom stereocenters. The largest absolute Gasteiger partial charge is 0.353 e. The molecule has 0 radical (unpaired) electrons. The van der Waals surface area contributed by atoms with Crippen LogP contribution in [0.2, 0.25) is 0 Å². The first-order valence-corrected chi connectivity index (χ1v) is 8.00. The van der Waals surface area contributed by atoms with E-state index in [9.17, 15) is 0 Å². The molecule has 1 aromatic heterocycles. The molecule has 0 spiro atoms. The number of aliphatic imine (C=N–C) groups is 1. The summed E-state index contributed by atoms with van der Waals surface area (Å²) in [6, 6.07) is 17.1. The molecule has 1 heterocycles. The summed E-state index contributed by atoms with van der Waals surface area (Å²) in [6.07, 6.45) is 3.43. The minimum Gasteiger partial charge on any atom is -0.353 e. The molecule has 0 saturated carbocycles. The Morgan fingerprint density at radius 1 is 1.04 bits per heavy atom. The van der Waals surface area contributed by atoms with Crippen molar-refractivity contribution in [3.05, 3.63) is 70.9 Å². The Morgan fingerprint density at radius 2 is 1.87 bits per heavy atom. The zero-order valence-corrected chi connectivity index (χ0v) is 14.1. The van der Waals surface area contributed by atoms with Gasteiger partial charge in [0, 0.05) is 10.9 Å². The lowest BCUT2D eigenvalue weighted by Gasteiger charge is -2.14. The van der Waals surface area contributed by atoms with Gasteiger partial charge in [-0.05, 0) is 49.4 Å². The Kier molecular flexibility index (Phi) is 4.53. The first-order valence-electron chi connectivity index (χ1n) is 8.00. The summed E-state index contributed by atoms with van der Waals surface area (Å²) >= 11 is 0. The molecular weight excluding hydrogens is 304 g/mol. The maximum Gasteiger partial charge on any atom is 0.0643 e. The van der Waals surface area contributed by atoms with Crippen molar-refractivity contribution < 1.29 is 0 Å². The number of fused-ring (bicyclic) bond motifs is 3. The highest BCUT2D eigenvalue weighted by Gasteiger charge is 2.20.